The Balaban J connectivity index is 2.10. The third-order valence-corrected chi connectivity index (χ3v) is 3.27. The molecule has 1 aromatic heterocycles. The molecule has 0 saturated carbocycles. The number of aromatic nitrogens is 2. The number of nitrogens with zero attached hydrogens (tertiary/aromatic N) is 2. The summed E-state index contributed by atoms with van der Waals surface area (Å²) >= 11 is 3.37. The lowest BCUT2D eigenvalue weighted by atomic mass is 10.1. The zero-order chi connectivity index (χ0) is 14.7. The van der Waals surface area contributed by atoms with E-state index in [2.05, 4.69) is 26.1 Å². The Hall–Kier alpha value is -1.40. The topological polar surface area (TPSA) is 68.4 Å². The molecule has 2 aromatic rings. The number of aliphatic hydroxyl groups excluding tert-OH is 1. The van der Waals surface area contributed by atoms with Crippen LogP contribution < -0.4 is 4.74 Å². The van der Waals surface area contributed by atoms with Gasteiger partial charge in [0, 0.05) is 16.0 Å². The van der Waals surface area contributed by atoms with Gasteiger partial charge in [0.2, 0.25) is 0 Å². The predicted molar refractivity (Wildman–Crippen MR) is 77.5 cm³/mol. The van der Waals surface area contributed by atoms with Crippen LogP contribution in [0.1, 0.15) is 50.1 Å². The van der Waals surface area contributed by atoms with E-state index in [1.54, 1.807) is 13.0 Å². The van der Waals surface area contributed by atoms with Crippen LogP contribution in [-0.2, 0) is 6.61 Å². The van der Waals surface area contributed by atoms with Crippen LogP contribution in [0, 0.1) is 0 Å². The zero-order valence-corrected chi connectivity index (χ0v) is 13.2. The van der Waals surface area contributed by atoms with Crippen molar-refractivity contribution in [1.29, 1.82) is 0 Å². The summed E-state index contributed by atoms with van der Waals surface area (Å²) in [5, 5.41) is 13.6. The van der Waals surface area contributed by atoms with Crippen LogP contribution in [0.4, 0.5) is 0 Å². The Morgan fingerprint density at radius 1 is 1.35 bits per heavy atom. The Kier molecular flexibility index (Phi) is 4.77. The number of aliphatic hydroxyl groups is 1. The lowest BCUT2D eigenvalue weighted by molar-refractivity contribution is 0.185. The molecule has 5 nitrogen and oxygen atoms in total. The molecule has 0 aliphatic heterocycles. The van der Waals surface area contributed by atoms with E-state index in [0.717, 1.165) is 4.47 Å². The van der Waals surface area contributed by atoms with Gasteiger partial charge in [-0.25, -0.2) is 0 Å². The molecular formula is C14H17BrN2O3. The normalized spacial score (nSPS) is 12.7. The standard InChI is InChI=1S/C14H17BrN2O3/c1-8(2)14-16-13(20-17-14)7-19-12-5-4-10(15)6-11(12)9(3)18/h4-6,8-9,18H,7H2,1-3H3/t9-/m0/s1. The molecule has 0 bridgehead atoms. The number of hydrogen-bond donors (Lipinski definition) is 1. The molecule has 0 unspecified atom stereocenters. The van der Waals surface area contributed by atoms with Crippen molar-refractivity contribution >= 4 is 15.9 Å². The highest BCUT2D eigenvalue weighted by Gasteiger charge is 2.13. The van der Waals surface area contributed by atoms with Crippen molar-refractivity contribution in [2.75, 3.05) is 0 Å². The molecule has 0 amide bonds. The van der Waals surface area contributed by atoms with Gasteiger partial charge in [-0.05, 0) is 25.1 Å². The Labute approximate surface area is 126 Å². The van der Waals surface area contributed by atoms with Crippen molar-refractivity contribution < 1.29 is 14.4 Å². The van der Waals surface area contributed by atoms with Gasteiger partial charge in [0.25, 0.3) is 5.89 Å². The van der Waals surface area contributed by atoms with Gasteiger partial charge in [0.15, 0.2) is 12.4 Å². The van der Waals surface area contributed by atoms with Gasteiger partial charge in [-0.2, -0.15) is 4.98 Å². The molecule has 0 spiro atoms. The molecule has 6 heteroatoms. The van der Waals surface area contributed by atoms with Crippen LogP contribution in [0.2, 0.25) is 0 Å². The van der Waals surface area contributed by atoms with E-state index in [1.165, 1.54) is 0 Å². The molecule has 1 aromatic carbocycles. The molecule has 0 fully saturated rings. The maximum absolute atomic E-state index is 9.75. The van der Waals surface area contributed by atoms with Crippen molar-refractivity contribution in [3.8, 4) is 5.75 Å². The van der Waals surface area contributed by atoms with Crippen molar-refractivity contribution in [3.63, 3.8) is 0 Å². The lowest BCUT2D eigenvalue weighted by Gasteiger charge is -2.12. The SMILES string of the molecule is CC(C)c1noc(COc2ccc(Br)cc2[C@H](C)O)n1. The molecule has 108 valence electrons. The number of benzene rings is 1. The monoisotopic (exact) mass is 340 g/mol. The second kappa shape index (κ2) is 6.37. The second-order valence-electron chi connectivity index (χ2n) is 4.85. The minimum Gasteiger partial charge on any atom is -0.483 e. The first-order valence-corrected chi connectivity index (χ1v) is 7.19. The summed E-state index contributed by atoms with van der Waals surface area (Å²) in [6.45, 7) is 5.87. The first-order valence-electron chi connectivity index (χ1n) is 6.40. The van der Waals surface area contributed by atoms with E-state index in [1.807, 2.05) is 26.0 Å². The minimum absolute atomic E-state index is 0.182. The highest BCUT2D eigenvalue weighted by atomic mass is 79.9. The number of halogens is 1. The largest absolute Gasteiger partial charge is 0.483 e. The lowest BCUT2D eigenvalue weighted by Crippen LogP contribution is -2.01. The number of rotatable bonds is 5. The summed E-state index contributed by atoms with van der Waals surface area (Å²) in [6.07, 6.45) is -0.614. The molecule has 1 heterocycles. The fourth-order valence-electron chi connectivity index (χ4n) is 1.68. The maximum atomic E-state index is 9.75. The van der Waals surface area contributed by atoms with Crippen LogP contribution in [0.5, 0.6) is 5.75 Å². The van der Waals surface area contributed by atoms with Crippen LogP contribution in [0.15, 0.2) is 27.2 Å². The average molecular weight is 341 g/mol. The fraction of sp³-hybridized carbons (Fsp3) is 0.429. The summed E-state index contributed by atoms with van der Waals surface area (Å²) in [4.78, 5) is 4.24. The van der Waals surface area contributed by atoms with Crippen LogP contribution in [0.25, 0.3) is 0 Å². The molecule has 1 atom stereocenters. The minimum atomic E-state index is -0.614. The van der Waals surface area contributed by atoms with E-state index < -0.39 is 6.10 Å². The molecule has 0 aliphatic carbocycles. The van der Waals surface area contributed by atoms with Gasteiger partial charge < -0.3 is 14.4 Å². The average Bonchev–Trinajstić information content (AvgIpc) is 2.86. The summed E-state index contributed by atoms with van der Waals surface area (Å²) in [5.41, 5.74) is 0.711. The molecule has 20 heavy (non-hydrogen) atoms. The Morgan fingerprint density at radius 2 is 2.10 bits per heavy atom. The van der Waals surface area contributed by atoms with Gasteiger partial charge in [-0.1, -0.05) is 34.9 Å². The molecule has 0 aliphatic rings. The van der Waals surface area contributed by atoms with Crippen molar-refractivity contribution in [1.82, 2.24) is 10.1 Å². The summed E-state index contributed by atoms with van der Waals surface area (Å²) in [6, 6.07) is 5.48. The van der Waals surface area contributed by atoms with Crippen molar-refractivity contribution in [2.24, 2.45) is 0 Å². The molecule has 0 saturated heterocycles. The van der Waals surface area contributed by atoms with E-state index in [0.29, 0.717) is 23.0 Å². The van der Waals surface area contributed by atoms with E-state index in [9.17, 15) is 5.11 Å². The first kappa shape index (κ1) is 15.0. The van der Waals surface area contributed by atoms with E-state index in [4.69, 9.17) is 9.26 Å². The van der Waals surface area contributed by atoms with Gasteiger partial charge in [0.05, 0.1) is 6.10 Å². The van der Waals surface area contributed by atoms with Crippen molar-refractivity contribution in [2.45, 2.75) is 39.4 Å². The van der Waals surface area contributed by atoms with E-state index in [-0.39, 0.29) is 12.5 Å². The van der Waals surface area contributed by atoms with Crippen molar-refractivity contribution in [3.05, 3.63) is 40.0 Å². The van der Waals surface area contributed by atoms with Crippen LogP contribution >= 0.6 is 15.9 Å². The third kappa shape index (κ3) is 3.58. The van der Waals surface area contributed by atoms with Gasteiger partial charge in [-0.3, -0.25) is 0 Å². The predicted octanol–water partition coefficient (Wildman–Crippen LogP) is 3.59. The molecule has 1 N–H and O–H groups in total. The summed E-state index contributed by atoms with van der Waals surface area (Å²) in [5.74, 6) is 1.91. The second-order valence-corrected chi connectivity index (χ2v) is 5.76. The highest BCUT2D eigenvalue weighted by molar-refractivity contribution is 9.10. The van der Waals surface area contributed by atoms with E-state index >= 15 is 0 Å². The number of ether oxygens (including phenoxy) is 1. The van der Waals surface area contributed by atoms with Crippen LogP contribution in [0.3, 0.4) is 0 Å². The Morgan fingerprint density at radius 3 is 2.70 bits per heavy atom. The smallest absolute Gasteiger partial charge is 0.264 e. The Bertz CT molecular complexity index is 582. The van der Waals surface area contributed by atoms with Crippen LogP contribution in [-0.4, -0.2) is 15.2 Å². The fourth-order valence-corrected chi connectivity index (χ4v) is 2.06. The highest BCUT2D eigenvalue weighted by Crippen LogP contribution is 2.29. The molecular weight excluding hydrogens is 324 g/mol. The summed E-state index contributed by atoms with van der Waals surface area (Å²) < 4.78 is 11.7. The molecule has 2 rings (SSSR count). The van der Waals surface area contributed by atoms with Gasteiger partial charge in [-0.15, -0.1) is 0 Å². The van der Waals surface area contributed by atoms with Gasteiger partial charge in [0.1, 0.15) is 5.75 Å². The quantitative estimate of drug-likeness (QED) is 0.900. The maximum Gasteiger partial charge on any atom is 0.264 e. The molecule has 0 radical (unpaired) electrons. The number of hydrogen-bond acceptors (Lipinski definition) is 5. The first-order chi connectivity index (χ1) is 9.47. The third-order valence-electron chi connectivity index (χ3n) is 2.77. The zero-order valence-electron chi connectivity index (χ0n) is 11.6. The summed E-state index contributed by atoms with van der Waals surface area (Å²) in [7, 11) is 0. The van der Waals surface area contributed by atoms with Gasteiger partial charge >= 0.3 is 0 Å².